The van der Waals surface area contributed by atoms with Gasteiger partial charge in [-0.1, -0.05) is 66.7 Å². The van der Waals surface area contributed by atoms with Crippen LogP contribution in [0, 0.1) is 0 Å². The van der Waals surface area contributed by atoms with E-state index < -0.39 is 0 Å². The van der Waals surface area contributed by atoms with Crippen LogP contribution in [0.2, 0.25) is 0 Å². The third kappa shape index (κ3) is 3.99. The zero-order valence-corrected chi connectivity index (χ0v) is 14.6. The summed E-state index contributed by atoms with van der Waals surface area (Å²) in [6.45, 7) is 0.275. The van der Waals surface area contributed by atoms with Gasteiger partial charge in [-0.2, -0.15) is 0 Å². The monoisotopic (exact) mass is 343 g/mol. The largest absolute Gasteiger partial charge is 0.456 e. The van der Waals surface area contributed by atoms with E-state index in [1.165, 1.54) is 5.56 Å². The number of ether oxygens (including phenoxy) is 1. The third-order valence-corrected chi connectivity index (χ3v) is 4.65. The normalized spacial score (nSPS) is 13.4. The van der Waals surface area contributed by atoms with Gasteiger partial charge in [0.05, 0.1) is 0 Å². The molecule has 1 aliphatic rings. The Morgan fingerprint density at radius 2 is 1.58 bits per heavy atom. The van der Waals surface area contributed by atoms with Crippen molar-refractivity contribution in [2.75, 3.05) is 0 Å². The fourth-order valence-electron chi connectivity index (χ4n) is 3.12. The average Bonchev–Trinajstić information content (AvgIpc) is 3.53. The molecule has 0 aliphatic heterocycles. The Morgan fingerprint density at radius 3 is 2.23 bits per heavy atom. The Labute approximate surface area is 153 Å². The van der Waals surface area contributed by atoms with E-state index in [1.807, 2.05) is 48.5 Å². The van der Waals surface area contributed by atoms with Gasteiger partial charge in [0.2, 0.25) is 0 Å². The molecule has 0 radical (unpaired) electrons. The molecule has 130 valence electrons. The molecule has 1 aliphatic carbocycles. The zero-order chi connectivity index (χ0) is 17.8. The maximum absolute atomic E-state index is 12.6. The van der Waals surface area contributed by atoms with E-state index in [1.54, 1.807) is 6.20 Å². The van der Waals surface area contributed by atoms with Gasteiger partial charge in [-0.05, 0) is 47.4 Å². The molecule has 1 fully saturated rings. The van der Waals surface area contributed by atoms with E-state index in [0.29, 0.717) is 11.6 Å². The minimum atomic E-state index is -0.331. The van der Waals surface area contributed by atoms with Crippen molar-refractivity contribution in [1.29, 1.82) is 0 Å². The fourth-order valence-corrected chi connectivity index (χ4v) is 3.12. The van der Waals surface area contributed by atoms with Crippen LogP contribution >= 0.6 is 0 Å². The number of hydrogen-bond acceptors (Lipinski definition) is 3. The number of carbonyl (C=O) groups excluding carboxylic acids is 1. The van der Waals surface area contributed by atoms with Crippen molar-refractivity contribution in [2.24, 2.45) is 0 Å². The van der Waals surface area contributed by atoms with Gasteiger partial charge in [0, 0.05) is 6.20 Å². The number of nitrogens with zero attached hydrogens (tertiary/aromatic N) is 1. The SMILES string of the molecule is O=C(OCc1ccccc1)c1ncc(Cc2ccccc2)cc1C1CC1. The average molecular weight is 343 g/mol. The number of carbonyl (C=O) groups is 1. The topological polar surface area (TPSA) is 39.2 Å². The maximum atomic E-state index is 12.6. The van der Waals surface area contributed by atoms with E-state index in [0.717, 1.165) is 36.0 Å². The summed E-state index contributed by atoms with van der Waals surface area (Å²) < 4.78 is 5.49. The highest BCUT2D eigenvalue weighted by molar-refractivity contribution is 5.89. The van der Waals surface area contributed by atoms with Crippen LogP contribution in [0.1, 0.15) is 51.5 Å². The molecule has 0 atom stereocenters. The maximum Gasteiger partial charge on any atom is 0.357 e. The Bertz CT molecular complexity index is 887. The van der Waals surface area contributed by atoms with Gasteiger partial charge in [-0.25, -0.2) is 9.78 Å². The van der Waals surface area contributed by atoms with Crippen molar-refractivity contribution in [3.05, 3.63) is 101 Å². The highest BCUT2D eigenvalue weighted by Crippen LogP contribution is 2.41. The molecular formula is C23H21NO2. The summed E-state index contributed by atoms with van der Waals surface area (Å²) in [5.74, 6) is 0.111. The van der Waals surface area contributed by atoms with E-state index in [4.69, 9.17) is 4.74 Å². The fraction of sp³-hybridized carbons (Fsp3) is 0.217. The summed E-state index contributed by atoms with van der Waals surface area (Å²) in [6.07, 6.45) is 4.87. The lowest BCUT2D eigenvalue weighted by Gasteiger charge is -2.11. The summed E-state index contributed by atoms with van der Waals surface area (Å²) in [5, 5.41) is 0. The van der Waals surface area contributed by atoms with Crippen molar-refractivity contribution in [3.63, 3.8) is 0 Å². The van der Waals surface area contributed by atoms with E-state index in [2.05, 4.69) is 23.2 Å². The summed E-state index contributed by atoms with van der Waals surface area (Å²) in [6, 6.07) is 22.2. The van der Waals surface area contributed by atoms with E-state index in [-0.39, 0.29) is 12.6 Å². The molecule has 3 nitrogen and oxygen atoms in total. The molecule has 0 spiro atoms. The second kappa shape index (κ2) is 7.52. The Balaban J connectivity index is 1.51. The Morgan fingerprint density at radius 1 is 0.923 bits per heavy atom. The Kier molecular flexibility index (Phi) is 4.78. The van der Waals surface area contributed by atoms with E-state index in [9.17, 15) is 4.79 Å². The molecule has 1 heterocycles. The summed E-state index contributed by atoms with van der Waals surface area (Å²) in [7, 11) is 0. The van der Waals surface area contributed by atoms with Gasteiger partial charge in [0.1, 0.15) is 6.61 Å². The minimum Gasteiger partial charge on any atom is -0.456 e. The van der Waals surface area contributed by atoms with Gasteiger partial charge < -0.3 is 4.74 Å². The highest BCUT2D eigenvalue weighted by atomic mass is 16.5. The second-order valence-electron chi connectivity index (χ2n) is 6.78. The Hall–Kier alpha value is -2.94. The first-order chi connectivity index (χ1) is 12.8. The third-order valence-electron chi connectivity index (χ3n) is 4.65. The lowest BCUT2D eigenvalue weighted by Crippen LogP contribution is -2.11. The molecule has 1 saturated carbocycles. The van der Waals surface area contributed by atoms with Crippen molar-refractivity contribution in [3.8, 4) is 0 Å². The summed E-state index contributed by atoms with van der Waals surface area (Å²) >= 11 is 0. The standard InChI is InChI=1S/C23H21NO2/c25-23(26-16-18-9-5-2-6-10-18)22-21(20-11-12-20)14-19(15-24-22)13-17-7-3-1-4-8-17/h1-10,14-15,20H,11-13,16H2. The number of esters is 1. The lowest BCUT2D eigenvalue weighted by molar-refractivity contribution is 0.0464. The highest BCUT2D eigenvalue weighted by Gasteiger charge is 2.30. The second-order valence-corrected chi connectivity index (χ2v) is 6.78. The molecule has 0 N–H and O–H groups in total. The number of rotatable bonds is 6. The summed E-state index contributed by atoms with van der Waals surface area (Å²) in [5.41, 5.74) is 4.87. The number of hydrogen-bond donors (Lipinski definition) is 0. The van der Waals surface area contributed by atoms with Crippen molar-refractivity contribution < 1.29 is 9.53 Å². The predicted molar refractivity (Wildman–Crippen MR) is 101 cm³/mol. The first-order valence-corrected chi connectivity index (χ1v) is 9.03. The van der Waals surface area contributed by atoms with Crippen LogP contribution < -0.4 is 0 Å². The van der Waals surface area contributed by atoms with Crippen LogP contribution in [0.5, 0.6) is 0 Å². The van der Waals surface area contributed by atoms with Crippen LogP contribution in [-0.4, -0.2) is 11.0 Å². The number of benzene rings is 2. The van der Waals surface area contributed by atoms with Crippen LogP contribution in [0.25, 0.3) is 0 Å². The molecule has 0 bridgehead atoms. The molecule has 3 heteroatoms. The molecule has 1 aromatic heterocycles. The van der Waals surface area contributed by atoms with Crippen molar-refractivity contribution in [2.45, 2.75) is 31.8 Å². The van der Waals surface area contributed by atoms with Gasteiger partial charge in [0.15, 0.2) is 5.69 Å². The molecule has 0 amide bonds. The molecule has 3 aromatic rings. The van der Waals surface area contributed by atoms with Crippen LogP contribution in [0.3, 0.4) is 0 Å². The first-order valence-electron chi connectivity index (χ1n) is 9.03. The minimum absolute atomic E-state index is 0.275. The first kappa shape index (κ1) is 16.5. The van der Waals surface area contributed by atoms with Crippen LogP contribution in [-0.2, 0) is 17.8 Å². The van der Waals surface area contributed by atoms with Crippen molar-refractivity contribution in [1.82, 2.24) is 4.98 Å². The molecular weight excluding hydrogens is 322 g/mol. The van der Waals surface area contributed by atoms with Crippen molar-refractivity contribution >= 4 is 5.97 Å². The molecule has 4 rings (SSSR count). The molecule has 26 heavy (non-hydrogen) atoms. The van der Waals surface area contributed by atoms with Gasteiger partial charge in [0.25, 0.3) is 0 Å². The van der Waals surface area contributed by atoms with Crippen LogP contribution in [0.4, 0.5) is 0 Å². The number of aromatic nitrogens is 1. The smallest absolute Gasteiger partial charge is 0.357 e. The number of pyridine rings is 1. The molecule has 0 saturated heterocycles. The predicted octanol–water partition coefficient (Wildman–Crippen LogP) is 4.91. The van der Waals surface area contributed by atoms with Gasteiger partial charge in [-0.15, -0.1) is 0 Å². The quantitative estimate of drug-likeness (QED) is 0.597. The molecule has 2 aromatic carbocycles. The zero-order valence-electron chi connectivity index (χ0n) is 14.6. The van der Waals surface area contributed by atoms with Gasteiger partial charge >= 0.3 is 5.97 Å². The lowest BCUT2D eigenvalue weighted by atomic mass is 10.0. The summed E-state index contributed by atoms with van der Waals surface area (Å²) in [4.78, 5) is 17.0. The van der Waals surface area contributed by atoms with Gasteiger partial charge in [-0.3, -0.25) is 0 Å². The molecule has 0 unspecified atom stereocenters. The van der Waals surface area contributed by atoms with Crippen LogP contribution in [0.15, 0.2) is 72.9 Å². The van der Waals surface area contributed by atoms with E-state index >= 15 is 0 Å².